The molecule has 5 heteroatoms. The Balaban J connectivity index is 1.51. The van der Waals surface area contributed by atoms with Crippen LogP contribution in [0.1, 0.15) is 43.4 Å². The zero-order valence-corrected chi connectivity index (χ0v) is 17.8. The quantitative estimate of drug-likeness (QED) is 0.566. The molecule has 0 spiro atoms. The summed E-state index contributed by atoms with van der Waals surface area (Å²) in [6.45, 7) is 2.72. The average Bonchev–Trinajstić information content (AvgIpc) is 2.83. The van der Waals surface area contributed by atoms with E-state index in [9.17, 15) is 9.90 Å². The number of benzene rings is 2. The number of carbonyl (C=O) groups excluding carboxylic acids is 1. The number of aromatic nitrogens is 1. The van der Waals surface area contributed by atoms with Crippen LogP contribution in [0.5, 0.6) is 0 Å². The minimum atomic E-state index is -0.678. The standard InChI is InChI=1S/C26H28N2O3/c1-20(21-8-10-22(11-9-21)23-12-16-27-17-13-23)28-18-15-26(14-5-19-29,31-25(28)30)24-6-3-2-4-7-24/h2-4,6-13,16-17,20,29H,5,14-15,18-19H2,1H3/t20-,26?/m0/s1. The lowest BCUT2D eigenvalue weighted by Gasteiger charge is -2.43. The first-order valence-electron chi connectivity index (χ1n) is 10.8. The third-order valence-corrected chi connectivity index (χ3v) is 6.19. The van der Waals surface area contributed by atoms with Crippen LogP contribution in [0.15, 0.2) is 79.1 Å². The Labute approximate surface area is 183 Å². The van der Waals surface area contributed by atoms with E-state index < -0.39 is 5.60 Å². The number of carbonyl (C=O) groups is 1. The highest BCUT2D eigenvalue weighted by Gasteiger charge is 2.43. The third-order valence-electron chi connectivity index (χ3n) is 6.19. The molecular formula is C26H28N2O3. The molecule has 0 aliphatic carbocycles. The largest absolute Gasteiger partial charge is 0.438 e. The van der Waals surface area contributed by atoms with Crippen molar-refractivity contribution in [3.8, 4) is 11.1 Å². The van der Waals surface area contributed by atoms with Crippen molar-refractivity contribution in [2.75, 3.05) is 13.2 Å². The normalized spacial score (nSPS) is 19.7. The van der Waals surface area contributed by atoms with Crippen molar-refractivity contribution in [2.24, 2.45) is 0 Å². The Hall–Kier alpha value is -3.18. The van der Waals surface area contributed by atoms with Crippen LogP contribution in [0.4, 0.5) is 4.79 Å². The third kappa shape index (κ3) is 4.47. The van der Waals surface area contributed by atoms with Crippen LogP contribution in [-0.4, -0.2) is 34.2 Å². The predicted molar refractivity (Wildman–Crippen MR) is 120 cm³/mol. The van der Waals surface area contributed by atoms with Crippen LogP contribution in [0.25, 0.3) is 11.1 Å². The summed E-state index contributed by atoms with van der Waals surface area (Å²) in [6.07, 6.45) is 5.16. The van der Waals surface area contributed by atoms with E-state index >= 15 is 0 Å². The van der Waals surface area contributed by atoms with Gasteiger partial charge in [0.05, 0.1) is 6.04 Å². The van der Waals surface area contributed by atoms with Gasteiger partial charge in [0.1, 0.15) is 5.60 Å². The highest BCUT2D eigenvalue weighted by Crippen LogP contribution is 2.40. The number of rotatable bonds is 7. The molecule has 2 aromatic carbocycles. The lowest BCUT2D eigenvalue weighted by Crippen LogP contribution is -2.48. The van der Waals surface area contributed by atoms with Crippen LogP contribution in [-0.2, 0) is 10.3 Å². The van der Waals surface area contributed by atoms with Gasteiger partial charge in [-0.1, -0.05) is 54.6 Å². The molecule has 1 aliphatic rings. The summed E-state index contributed by atoms with van der Waals surface area (Å²) in [4.78, 5) is 18.9. The topological polar surface area (TPSA) is 62.7 Å². The van der Waals surface area contributed by atoms with Gasteiger partial charge < -0.3 is 14.7 Å². The number of ether oxygens (including phenoxy) is 1. The molecule has 0 bridgehead atoms. The minimum Gasteiger partial charge on any atom is -0.438 e. The molecule has 1 amide bonds. The maximum atomic E-state index is 13.1. The lowest BCUT2D eigenvalue weighted by molar-refractivity contribution is -0.0680. The molecule has 2 heterocycles. The second-order valence-corrected chi connectivity index (χ2v) is 8.03. The van der Waals surface area contributed by atoms with Gasteiger partial charge in [0, 0.05) is 32.0 Å². The van der Waals surface area contributed by atoms with Gasteiger partial charge in [0.25, 0.3) is 0 Å². The van der Waals surface area contributed by atoms with Crippen LogP contribution in [0, 0.1) is 0 Å². The number of aliphatic hydroxyl groups is 1. The summed E-state index contributed by atoms with van der Waals surface area (Å²) < 4.78 is 6.08. The fraction of sp³-hybridized carbons (Fsp3) is 0.308. The highest BCUT2D eigenvalue weighted by atomic mass is 16.6. The van der Waals surface area contributed by atoms with E-state index in [1.807, 2.05) is 49.4 Å². The van der Waals surface area contributed by atoms with Crippen molar-refractivity contribution in [2.45, 2.75) is 37.8 Å². The van der Waals surface area contributed by atoms with Crippen LogP contribution >= 0.6 is 0 Å². The second kappa shape index (κ2) is 9.31. The summed E-state index contributed by atoms with van der Waals surface area (Å²) >= 11 is 0. The van der Waals surface area contributed by atoms with E-state index in [1.54, 1.807) is 17.3 Å². The van der Waals surface area contributed by atoms with Crippen LogP contribution < -0.4 is 0 Å². The van der Waals surface area contributed by atoms with Crippen molar-refractivity contribution in [1.29, 1.82) is 0 Å². The Bertz CT molecular complexity index is 992. The van der Waals surface area contributed by atoms with Gasteiger partial charge in [-0.05, 0) is 54.2 Å². The van der Waals surface area contributed by atoms with Gasteiger partial charge in [-0.3, -0.25) is 4.98 Å². The van der Waals surface area contributed by atoms with E-state index in [0.717, 1.165) is 22.3 Å². The fourth-order valence-electron chi connectivity index (χ4n) is 4.33. The van der Waals surface area contributed by atoms with E-state index in [4.69, 9.17) is 4.74 Å². The average molecular weight is 417 g/mol. The Morgan fingerprint density at radius 3 is 2.35 bits per heavy atom. The number of hydrogen-bond donors (Lipinski definition) is 1. The SMILES string of the molecule is C[C@@H](c1ccc(-c2ccncc2)cc1)N1CCC(CCCO)(c2ccccc2)OC1=O. The maximum absolute atomic E-state index is 13.1. The Morgan fingerprint density at radius 1 is 1.03 bits per heavy atom. The summed E-state index contributed by atoms with van der Waals surface area (Å²) in [5.74, 6) is 0. The van der Waals surface area contributed by atoms with E-state index in [-0.39, 0.29) is 18.7 Å². The van der Waals surface area contributed by atoms with Gasteiger partial charge >= 0.3 is 6.09 Å². The first-order valence-corrected chi connectivity index (χ1v) is 10.8. The minimum absolute atomic E-state index is 0.0794. The molecule has 0 saturated carbocycles. The van der Waals surface area contributed by atoms with E-state index in [0.29, 0.717) is 25.8 Å². The second-order valence-electron chi connectivity index (χ2n) is 8.03. The molecule has 1 saturated heterocycles. The molecule has 1 aliphatic heterocycles. The number of nitrogens with zero attached hydrogens (tertiary/aromatic N) is 2. The molecular weight excluding hydrogens is 388 g/mol. The van der Waals surface area contributed by atoms with Crippen LogP contribution in [0.3, 0.4) is 0 Å². The lowest BCUT2D eigenvalue weighted by atomic mass is 9.84. The number of pyridine rings is 1. The highest BCUT2D eigenvalue weighted by molar-refractivity contribution is 5.70. The molecule has 3 aromatic rings. The first-order chi connectivity index (χ1) is 15.1. The van der Waals surface area contributed by atoms with Crippen molar-refractivity contribution >= 4 is 6.09 Å². The van der Waals surface area contributed by atoms with Gasteiger partial charge in [-0.15, -0.1) is 0 Å². The Kier molecular flexibility index (Phi) is 6.33. The fourth-order valence-corrected chi connectivity index (χ4v) is 4.33. The molecule has 0 radical (unpaired) electrons. The zero-order chi connectivity index (χ0) is 21.7. The molecule has 1 unspecified atom stereocenters. The Morgan fingerprint density at radius 2 is 1.71 bits per heavy atom. The summed E-state index contributed by atoms with van der Waals surface area (Å²) in [5, 5.41) is 9.36. The summed E-state index contributed by atoms with van der Waals surface area (Å²) in [7, 11) is 0. The number of amides is 1. The predicted octanol–water partition coefficient (Wildman–Crippen LogP) is 5.32. The van der Waals surface area contributed by atoms with Gasteiger partial charge in [-0.25, -0.2) is 4.79 Å². The summed E-state index contributed by atoms with van der Waals surface area (Å²) in [5.41, 5.74) is 3.61. The van der Waals surface area contributed by atoms with E-state index in [1.165, 1.54) is 0 Å². The van der Waals surface area contributed by atoms with Gasteiger partial charge in [0.2, 0.25) is 0 Å². The molecule has 1 aromatic heterocycles. The van der Waals surface area contributed by atoms with E-state index in [2.05, 4.69) is 29.2 Å². The van der Waals surface area contributed by atoms with Gasteiger partial charge in [-0.2, -0.15) is 0 Å². The van der Waals surface area contributed by atoms with Crippen LogP contribution in [0.2, 0.25) is 0 Å². The molecule has 31 heavy (non-hydrogen) atoms. The maximum Gasteiger partial charge on any atom is 0.411 e. The number of cyclic esters (lactones) is 1. The molecule has 160 valence electrons. The first kappa shape index (κ1) is 21.1. The van der Waals surface area contributed by atoms with Crippen molar-refractivity contribution in [3.05, 3.63) is 90.3 Å². The number of hydrogen-bond acceptors (Lipinski definition) is 4. The molecule has 2 atom stereocenters. The monoisotopic (exact) mass is 416 g/mol. The molecule has 5 nitrogen and oxygen atoms in total. The van der Waals surface area contributed by atoms with Crippen molar-refractivity contribution in [1.82, 2.24) is 9.88 Å². The smallest absolute Gasteiger partial charge is 0.411 e. The zero-order valence-electron chi connectivity index (χ0n) is 17.8. The molecule has 4 rings (SSSR count). The molecule has 1 fully saturated rings. The summed E-state index contributed by atoms with van der Waals surface area (Å²) in [6, 6.07) is 22.0. The van der Waals surface area contributed by atoms with Crippen molar-refractivity contribution < 1.29 is 14.6 Å². The van der Waals surface area contributed by atoms with Gasteiger partial charge in [0.15, 0.2) is 0 Å². The molecule has 1 N–H and O–H groups in total. The van der Waals surface area contributed by atoms with Crippen molar-refractivity contribution in [3.63, 3.8) is 0 Å². The number of aliphatic hydroxyl groups excluding tert-OH is 1.